The summed E-state index contributed by atoms with van der Waals surface area (Å²) < 4.78 is 0. The molecule has 0 bridgehead atoms. The van der Waals surface area contributed by atoms with Crippen molar-refractivity contribution in [2.45, 2.75) is 33.1 Å². The van der Waals surface area contributed by atoms with E-state index in [0.29, 0.717) is 6.42 Å². The van der Waals surface area contributed by atoms with Gasteiger partial charge < -0.3 is 4.79 Å². The molecule has 0 aliphatic heterocycles. The molecule has 0 aromatic heterocycles. The molecule has 2 nitrogen and oxygen atoms in total. The highest BCUT2D eigenvalue weighted by atomic mass is 16.1. The molecular formula is C9H13NO. The fraction of sp³-hybridized carbons (Fsp3) is 0.556. The summed E-state index contributed by atoms with van der Waals surface area (Å²) in [5.41, 5.74) is 1.86. The number of carbonyl (C=O) groups is 1. The summed E-state index contributed by atoms with van der Waals surface area (Å²) in [7, 11) is 0. The summed E-state index contributed by atoms with van der Waals surface area (Å²) in [4.78, 5) is 10.0. The van der Waals surface area contributed by atoms with Crippen LogP contribution in [0, 0.1) is 11.3 Å². The van der Waals surface area contributed by atoms with Gasteiger partial charge in [0.05, 0.1) is 6.07 Å². The van der Waals surface area contributed by atoms with E-state index in [9.17, 15) is 4.79 Å². The van der Waals surface area contributed by atoms with Crippen molar-refractivity contribution in [2.75, 3.05) is 0 Å². The minimum atomic E-state index is 0.525. The van der Waals surface area contributed by atoms with Crippen molar-refractivity contribution >= 4 is 6.29 Å². The first-order valence-corrected chi connectivity index (χ1v) is 3.78. The third kappa shape index (κ3) is 3.57. The van der Waals surface area contributed by atoms with Crippen LogP contribution in [0.4, 0.5) is 0 Å². The van der Waals surface area contributed by atoms with E-state index in [1.807, 2.05) is 13.8 Å². The lowest BCUT2D eigenvalue weighted by atomic mass is 10.0. The number of hydrogen-bond donors (Lipinski definition) is 0. The molecule has 0 aromatic carbocycles. The van der Waals surface area contributed by atoms with Gasteiger partial charge in [-0.1, -0.05) is 12.5 Å². The molecule has 0 aliphatic carbocycles. The van der Waals surface area contributed by atoms with Crippen molar-refractivity contribution in [1.29, 1.82) is 5.26 Å². The number of aldehydes is 1. The number of rotatable bonds is 4. The van der Waals surface area contributed by atoms with Crippen LogP contribution in [0.3, 0.4) is 0 Å². The molecule has 0 aliphatic rings. The number of carbonyl (C=O) groups excluding carboxylic acids is 1. The SMILES string of the molecule is CC/C(C#N)=C(\C)CCC=O. The van der Waals surface area contributed by atoms with Gasteiger partial charge in [0.1, 0.15) is 6.29 Å². The van der Waals surface area contributed by atoms with Crippen molar-refractivity contribution in [3.05, 3.63) is 11.1 Å². The molecule has 0 saturated carbocycles. The number of nitriles is 1. The van der Waals surface area contributed by atoms with Gasteiger partial charge in [0.2, 0.25) is 0 Å². The number of nitrogens with zero attached hydrogens (tertiary/aromatic N) is 1. The van der Waals surface area contributed by atoms with Crippen LogP contribution < -0.4 is 0 Å². The zero-order chi connectivity index (χ0) is 8.69. The van der Waals surface area contributed by atoms with Crippen LogP contribution >= 0.6 is 0 Å². The Morgan fingerprint density at radius 2 is 2.27 bits per heavy atom. The van der Waals surface area contributed by atoms with Gasteiger partial charge in [-0.2, -0.15) is 5.26 Å². The molecule has 2 heteroatoms. The Morgan fingerprint density at radius 3 is 2.64 bits per heavy atom. The second-order valence-electron chi connectivity index (χ2n) is 2.43. The first-order chi connectivity index (χ1) is 5.26. The summed E-state index contributed by atoms with van der Waals surface area (Å²) in [6.45, 7) is 3.86. The maximum absolute atomic E-state index is 10.0. The summed E-state index contributed by atoms with van der Waals surface area (Å²) in [5, 5.41) is 8.60. The zero-order valence-electron chi connectivity index (χ0n) is 7.05. The van der Waals surface area contributed by atoms with Crippen LogP contribution in [-0.4, -0.2) is 6.29 Å². The maximum Gasteiger partial charge on any atom is 0.120 e. The van der Waals surface area contributed by atoms with E-state index < -0.39 is 0 Å². The highest BCUT2D eigenvalue weighted by Gasteiger charge is 1.97. The first-order valence-electron chi connectivity index (χ1n) is 3.78. The predicted molar refractivity (Wildman–Crippen MR) is 43.9 cm³/mol. The van der Waals surface area contributed by atoms with Gasteiger partial charge in [0.15, 0.2) is 0 Å². The van der Waals surface area contributed by atoms with Crippen molar-refractivity contribution in [3.8, 4) is 6.07 Å². The zero-order valence-corrected chi connectivity index (χ0v) is 7.05. The van der Waals surface area contributed by atoms with Crippen LogP contribution in [-0.2, 0) is 4.79 Å². The molecule has 0 rings (SSSR count). The second kappa shape index (κ2) is 5.67. The third-order valence-electron chi connectivity index (χ3n) is 1.64. The monoisotopic (exact) mass is 151 g/mol. The molecule has 11 heavy (non-hydrogen) atoms. The largest absolute Gasteiger partial charge is 0.303 e. The van der Waals surface area contributed by atoms with E-state index in [4.69, 9.17) is 5.26 Å². The summed E-state index contributed by atoms with van der Waals surface area (Å²) in [6.07, 6.45) is 2.90. The maximum atomic E-state index is 10.0. The van der Waals surface area contributed by atoms with Gasteiger partial charge in [0, 0.05) is 12.0 Å². The lowest BCUT2D eigenvalue weighted by Gasteiger charge is -1.99. The van der Waals surface area contributed by atoms with E-state index in [1.165, 1.54) is 0 Å². The van der Waals surface area contributed by atoms with Crippen LogP contribution in [0.1, 0.15) is 33.1 Å². The van der Waals surface area contributed by atoms with Crippen molar-refractivity contribution in [3.63, 3.8) is 0 Å². The van der Waals surface area contributed by atoms with Crippen LogP contribution in [0.25, 0.3) is 0 Å². The number of hydrogen-bond acceptors (Lipinski definition) is 2. The van der Waals surface area contributed by atoms with Gasteiger partial charge in [-0.3, -0.25) is 0 Å². The van der Waals surface area contributed by atoms with E-state index >= 15 is 0 Å². The van der Waals surface area contributed by atoms with Crippen LogP contribution in [0.5, 0.6) is 0 Å². The van der Waals surface area contributed by atoms with Crippen molar-refractivity contribution in [2.24, 2.45) is 0 Å². The Balaban J connectivity index is 4.14. The van der Waals surface area contributed by atoms with Gasteiger partial charge in [-0.15, -0.1) is 0 Å². The summed E-state index contributed by atoms with van der Waals surface area (Å²) >= 11 is 0. The van der Waals surface area contributed by atoms with E-state index in [-0.39, 0.29) is 0 Å². The molecule has 0 amide bonds. The lowest BCUT2D eigenvalue weighted by Crippen LogP contribution is -1.86. The molecular weight excluding hydrogens is 138 g/mol. The molecule has 0 saturated heterocycles. The molecule has 0 unspecified atom stereocenters. The Hall–Kier alpha value is -1.10. The fourth-order valence-electron chi connectivity index (χ4n) is 0.903. The standard InChI is InChI=1S/C9H13NO/c1-3-9(7-10)8(2)5-4-6-11/h6H,3-5H2,1-2H3/b9-8-. The van der Waals surface area contributed by atoms with Gasteiger partial charge in [0.25, 0.3) is 0 Å². The normalized spacial score (nSPS) is 11.7. The van der Waals surface area contributed by atoms with Crippen LogP contribution in [0.2, 0.25) is 0 Å². The Kier molecular flexibility index (Phi) is 5.10. The molecule has 0 spiro atoms. The topological polar surface area (TPSA) is 40.9 Å². The number of allylic oxidation sites excluding steroid dienone is 2. The van der Waals surface area contributed by atoms with Crippen molar-refractivity contribution < 1.29 is 4.79 Å². The predicted octanol–water partition coefficient (Wildman–Crippen LogP) is 2.22. The smallest absolute Gasteiger partial charge is 0.120 e. The molecule has 60 valence electrons. The Labute approximate surface area is 67.5 Å². The molecule has 0 fully saturated rings. The Bertz CT molecular complexity index is 198. The quantitative estimate of drug-likeness (QED) is 0.456. The summed E-state index contributed by atoms with van der Waals surface area (Å²) in [5.74, 6) is 0. The fourth-order valence-corrected chi connectivity index (χ4v) is 0.903. The van der Waals surface area contributed by atoms with Gasteiger partial charge in [-0.05, 0) is 19.8 Å². The highest BCUT2D eigenvalue weighted by Crippen LogP contribution is 2.11. The molecule has 0 radical (unpaired) electrons. The van der Waals surface area contributed by atoms with E-state index in [2.05, 4.69) is 6.07 Å². The lowest BCUT2D eigenvalue weighted by molar-refractivity contribution is -0.107. The minimum Gasteiger partial charge on any atom is -0.303 e. The molecule has 0 atom stereocenters. The molecule has 0 heterocycles. The van der Waals surface area contributed by atoms with E-state index in [1.54, 1.807) is 0 Å². The molecule has 0 aromatic rings. The second-order valence-corrected chi connectivity index (χ2v) is 2.43. The minimum absolute atomic E-state index is 0.525. The Morgan fingerprint density at radius 1 is 1.64 bits per heavy atom. The van der Waals surface area contributed by atoms with Gasteiger partial charge >= 0.3 is 0 Å². The highest BCUT2D eigenvalue weighted by molar-refractivity contribution is 5.50. The average molecular weight is 151 g/mol. The first kappa shape index (κ1) is 9.90. The average Bonchev–Trinajstić information content (AvgIpc) is 2.03. The van der Waals surface area contributed by atoms with Crippen molar-refractivity contribution in [1.82, 2.24) is 0 Å². The van der Waals surface area contributed by atoms with Crippen LogP contribution in [0.15, 0.2) is 11.1 Å². The molecule has 0 N–H and O–H groups in total. The van der Waals surface area contributed by atoms with Gasteiger partial charge in [-0.25, -0.2) is 0 Å². The third-order valence-corrected chi connectivity index (χ3v) is 1.64. The van der Waals surface area contributed by atoms with E-state index in [0.717, 1.165) is 30.3 Å². The summed E-state index contributed by atoms with van der Waals surface area (Å²) in [6, 6.07) is 2.12.